The second-order valence-corrected chi connectivity index (χ2v) is 4.21. The first kappa shape index (κ1) is 15.7. The number of methoxy groups -OCH3 is 1. The van der Waals surface area contributed by atoms with Gasteiger partial charge in [0.15, 0.2) is 0 Å². The van der Waals surface area contributed by atoms with Crippen LogP contribution in [0.4, 0.5) is 0 Å². The van der Waals surface area contributed by atoms with Crippen molar-refractivity contribution in [2.24, 2.45) is 0 Å². The summed E-state index contributed by atoms with van der Waals surface area (Å²) in [7, 11) is 1.28. The Morgan fingerprint density at radius 1 is 1.30 bits per heavy atom. The van der Waals surface area contributed by atoms with Crippen molar-refractivity contribution in [1.29, 1.82) is 0 Å². The van der Waals surface area contributed by atoms with E-state index < -0.39 is 5.97 Å². The number of esters is 1. The summed E-state index contributed by atoms with van der Waals surface area (Å²) in [5, 5.41) is 2.45. The van der Waals surface area contributed by atoms with Gasteiger partial charge in [0.25, 0.3) is 0 Å². The van der Waals surface area contributed by atoms with Gasteiger partial charge in [-0.25, -0.2) is 0 Å². The summed E-state index contributed by atoms with van der Waals surface area (Å²) in [4.78, 5) is 22.5. The predicted molar refractivity (Wildman–Crippen MR) is 78.9 cm³/mol. The summed E-state index contributed by atoms with van der Waals surface area (Å²) in [5.74, 6) is -0.793. The molecule has 1 rings (SSSR count). The molecule has 20 heavy (non-hydrogen) atoms. The lowest BCUT2D eigenvalue weighted by Crippen LogP contribution is -2.30. The third-order valence-corrected chi connectivity index (χ3v) is 2.66. The lowest BCUT2D eigenvalue weighted by Gasteiger charge is -2.05. The molecular weight excluding hydrogens is 254 g/mol. The summed E-state index contributed by atoms with van der Waals surface area (Å²) in [5.41, 5.74) is 1.57. The molecular formula is C16H19NO3. The first-order valence-electron chi connectivity index (χ1n) is 6.38. The third kappa shape index (κ3) is 6.00. The Kier molecular flexibility index (Phi) is 6.82. The van der Waals surface area contributed by atoms with Gasteiger partial charge in [0, 0.05) is 5.57 Å². The fourth-order valence-corrected chi connectivity index (χ4v) is 1.50. The SMILES string of the molecule is C=C(CCC=Cc1ccccc1)C(=O)NCC(=O)OC. The molecule has 0 spiro atoms. The van der Waals surface area contributed by atoms with Crippen molar-refractivity contribution in [3.8, 4) is 0 Å². The van der Waals surface area contributed by atoms with E-state index in [0.717, 1.165) is 12.0 Å². The number of rotatable bonds is 7. The van der Waals surface area contributed by atoms with E-state index in [1.165, 1.54) is 7.11 Å². The molecule has 4 nitrogen and oxygen atoms in total. The number of carbonyl (C=O) groups is 2. The van der Waals surface area contributed by atoms with Crippen molar-refractivity contribution < 1.29 is 14.3 Å². The van der Waals surface area contributed by atoms with E-state index >= 15 is 0 Å². The second kappa shape index (κ2) is 8.69. The first-order chi connectivity index (χ1) is 9.63. The Bertz CT molecular complexity index is 492. The standard InChI is InChI=1S/C16H19NO3/c1-13(16(19)17-12-15(18)20-2)8-6-7-11-14-9-4-3-5-10-14/h3-5,7,9-11H,1,6,8,12H2,2H3,(H,17,19). The highest BCUT2D eigenvalue weighted by molar-refractivity contribution is 5.94. The van der Waals surface area contributed by atoms with Crippen LogP contribution in [-0.2, 0) is 14.3 Å². The number of hydrogen-bond donors (Lipinski definition) is 1. The van der Waals surface area contributed by atoms with Crippen molar-refractivity contribution in [2.45, 2.75) is 12.8 Å². The highest BCUT2D eigenvalue weighted by Gasteiger charge is 2.07. The van der Waals surface area contributed by atoms with Gasteiger partial charge in [-0.3, -0.25) is 9.59 Å². The molecule has 0 fully saturated rings. The van der Waals surface area contributed by atoms with E-state index in [0.29, 0.717) is 12.0 Å². The lowest BCUT2D eigenvalue weighted by atomic mass is 10.1. The van der Waals surface area contributed by atoms with Crippen LogP contribution >= 0.6 is 0 Å². The molecule has 0 aliphatic rings. The zero-order chi connectivity index (χ0) is 14.8. The Labute approximate surface area is 119 Å². The van der Waals surface area contributed by atoms with Gasteiger partial charge in [-0.05, 0) is 18.4 Å². The van der Waals surface area contributed by atoms with Crippen LogP contribution in [0.3, 0.4) is 0 Å². The van der Waals surface area contributed by atoms with Gasteiger partial charge in [0.1, 0.15) is 6.54 Å². The average Bonchev–Trinajstić information content (AvgIpc) is 2.49. The number of benzene rings is 1. The number of amides is 1. The molecule has 106 valence electrons. The normalized spacial score (nSPS) is 10.2. The van der Waals surface area contributed by atoms with Crippen LogP contribution in [0.5, 0.6) is 0 Å². The fraction of sp³-hybridized carbons (Fsp3) is 0.250. The van der Waals surface area contributed by atoms with Crippen LogP contribution in [0, 0.1) is 0 Å². The summed E-state index contributed by atoms with van der Waals surface area (Å²) in [6.45, 7) is 3.57. The van der Waals surface area contributed by atoms with Gasteiger partial charge in [0.2, 0.25) is 5.91 Å². The minimum absolute atomic E-state index is 0.131. The summed E-state index contributed by atoms with van der Waals surface area (Å²) in [6, 6.07) is 9.92. The molecule has 1 N–H and O–H groups in total. The minimum atomic E-state index is -0.477. The number of allylic oxidation sites excluding steroid dienone is 1. The lowest BCUT2D eigenvalue weighted by molar-refractivity contribution is -0.140. The first-order valence-corrected chi connectivity index (χ1v) is 6.38. The summed E-state index contributed by atoms with van der Waals surface area (Å²) in [6.07, 6.45) is 5.27. The molecule has 1 aromatic rings. The zero-order valence-corrected chi connectivity index (χ0v) is 11.6. The maximum absolute atomic E-state index is 11.6. The van der Waals surface area contributed by atoms with E-state index in [1.54, 1.807) is 0 Å². The monoisotopic (exact) mass is 273 g/mol. The van der Waals surface area contributed by atoms with E-state index in [1.807, 2.05) is 42.5 Å². The summed E-state index contributed by atoms with van der Waals surface area (Å²) < 4.78 is 4.43. The second-order valence-electron chi connectivity index (χ2n) is 4.21. The molecule has 0 radical (unpaired) electrons. The van der Waals surface area contributed by atoms with Crippen molar-refractivity contribution in [3.05, 3.63) is 54.1 Å². The fourth-order valence-electron chi connectivity index (χ4n) is 1.50. The summed E-state index contributed by atoms with van der Waals surface area (Å²) >= 11 is 0. The van der Waals surface area contributed by atoms with E-state index in [4.69, 9.17) is 0 Å². The average molecular weight is 273 g/mol. The van der Waals surface area contributed by atoms with Crippen molar-refractivity contribution in [3.63, 3.8) is 0 Å². The van der Waals surface area contributed by atoms with Crippen LogP contribution in [-0.4, -0.2) is 25.5 Å². The molecule has 0 saturated carbocycles. The predicted octanol–water partition coefficient (Wildman–Crippen LogP) is 2.33. The van der Waals surface area contributed by atoms with Crippen molar-refractivity contribution in [1.82, 2.24) is 5.32 Å². The van der Waals surface area contributed by atoms with Crippen LogP contribution < -0.4 is 5.32 Å². The Balaban J connectivity index is 2.27. The molecule has 1 aromatic carbocycles. The Hall–Kier alpha value is -2.36. The molecule has 0 atom stereocenters. The van der Waals surface area contributed by atoms with Gasteiger partial charge in [-0.1, -0.05) is 49.1 Å². The van der Waals surface area contributed by atoms with Gasteiger partial charge >= 0.3 is 5.97 Å². The molecule has 0 heterocycles. The quantitative estimate of drug-likeness (QED) is 0.612. The van der Waals surface area contributed by atoms with Crippen molar-refractivity contribution >= 4 is 18.0 Å². The molecule has 4 heteroatoms. The maximum Gasteiger partial charge on any atom is 0.325 e. The molecule has 0 aromatic heterocycles. The highest BCUT2D eigenvalue weighted by atomic mass is 16.5. The molecule has 0 bridgehead atoms. The van der Waals surface area contributed by atoms with Crippen LogP contribution in [0.15, 0.2) is 48.6 Å². The van der Waals surface area contributed by atoms with Gasteiger partial charge in [0.05, 0.1) is 7.11 Å². The molecule has 0 aliphatic carbocycles. The molecule has 0 unspecified atom stereocenters. The van der Waals surface area contributed by atoms with Gasteiger partial charge in [-0.2, -0.15) is 0 Å². The Morgan fingerprint density at radius 3 is 2.65 bits per heavy atom. The van der Waals surface area contributed by atoms with E-state index in [9.17, 15) is 9.59 Å². The van der Waals surface area contributed by atoms with E-state index in [2.05, 4.69) is 16.6 Å². The van der Waals surface area contributed by atoms with E-state index in [-0.39, 0.29) is 12.5 Å². The number of carbonyl (C=O) groups excluding carboxylic acids is 2. The topological polar surface area (TPSA) is 55.4 Å². The molecule has 0 saturated heterocycles. The number of nitrogens with one attached hydrogen (secondary N) is 1. The number of hydrogen-bond acceptors (Lipinski definition) is 3. The smallest absolute Gasteiger partial charge is 0.325 e. The van der Waals surface area contributed by atoms with Crippen molar-refractivity contribution in [2.75, 3.05) is 13.7 Å². The van der Waals surface area contributed by atoms with Crippen LogP contribution in [0.25, 0.3) is 6.08 Å². The van der Waals surface area contributed by atoms with Crippen LogP contribution in [0.1, 0.15) is 18.4 Å². The Morgan fingerprint density at radius 2 is 2.00 bits per heavy atom. The maximum atomic E-state index is 11.6. The number of ether oxygens (including phenoxy) is 1. The largest absolute Gasteiger partial charge is 0.468 e. The van der Waals surface area contributed by atoms with Gasteiger partial charge < -0.3 is 10.1 Å². The molecule has 0 aliphatic heterocycles. The van der Waals surface area contributed by atoms with Crippen LogP contribution in [0.2, 0.25) is 0 Å². The highest BCUT2D eigenvalue weighted by Crippen LogP contribution is 2.06. The minimum Gasteiger partial charge on any atom is -0.468 e. The molecule has 1 amide bonds. The third-order valence-electron chi connectivity index (χ3n) is 2.66. The van der Waals surface area contributed by atoms with Gasteiger partial charge in [-0.15, -0.1) is 0 Å². The zero-order valence-electron chi connectivity index (χ0n) is 11.6.